The van der Waals surface area contributed by atoms with E-state index in [1.165, 1.54) is 6.07 Å². The Kier molecular flexibility index (Phi) is 5.00. The fourth-order valence-corrected chi connectivity index (χ4v) is 1.57. The van der Waals surface area contributed by atoms with Crippen molar-refractivity contribution in [1.29, 1.82) is 0 Å². The molecule has 0 radical (unpaired) electrons. The van der Waals surface area contributed by atoms with E-state index in [2.05, 4.69) is 0 Å². The summed E-state index contributed by atoms with van der Waals surface area (Å²) in [6, 6.07) is 2.18. The van der Waals surface area contributed by atoms with Crippen LogP contribution in [0.25, 0.3) is 6.08 Å². The van der Waals surface area contributed by atoms with Crippen LogP contribution in [0.1, 0.15) is 5.76 Å². The number of halogens is 5. The van der Waals surface area contributed by atoms with Crippen molar-refractivity contribution in [3.8, 4) is 0 Å². The lowest BCUT2D eigenvalue weighted by Gasteiger charge is -2.10. The van der Waals surface area contributed by atoms with Crippen LogP contribution in [-0.4, -0.2) is 10.8 Å². The number of nitrogens with zero attached hydrogens (tertiary/aromatic N) is 1. The molecule has 1 heterocycles. The molecular weight excluding hydrogens is 357 g/mol. The molecule has 0 bridgehead atoms. The summed E-state index contributed by atoms with van der Waals surface area (Å²) in [6.07, 6.45) is 1.71. The van der Waals surface area contributed by atoms with Crippen LogP contribution in [0.4, 0.5) is 33.5 Å². The van der Waals surface area contributed by atoms with Crippen molar-refractivity contribution in [3.63, 3.8) is 0 Å². The molecule has 2 aromatic rings. The van der Waals surface area contributed by atoms with Gasteiger partial charge in [-0.3, -0.25) is 25.8 Å². The van der Waals surface area contributed by atoms with Gasteiger partial charge in [0.2, 0.25) is 5.82 Å². The number of hydrogen-bond acceptors (Lipinski definition) is 5. The minimum Gasteiger partial charge on any atom is -0.401 e. The summed E-state index contributed by atoms with van der Waals surface area (Å²) in [5, 5.41) is 10.4. The Hall–Kier alpha value is -3.44. The van der Waals surface area contributed by atoms with E-state index in [-0.39, 0.29) is 5.76 Å². The molecule has 12 heteroatoms. The van der Waals surface area contributed by atoms with Crippen molar-refractivity contribution in [1.82, 2.24) is 5.43 Å². The summed E-state index contributed by atoms with van der Waals surface area (Å²) < 4.78 is 70.2. The molecule has 0 aliphatic heterocycles. The summed E-state index contributed by atoms with van der Waals surface area (Å²) in [5.74, 6) is -12.8. The van der Waals surface area contributed by atoms with E-state index in [1.807, 2.05) is 0 Å². The number of rotatable bonds is 5. The molecule has 132 valence electrons. The molecule has 0 aliphatic carbocycles. The number of amides is 1. The van der Waals surface area contributed by atoms with Gasteiger partial charge in [0.1, 0.15) is 16.4 Å². The smallest absolute Gasteiger partial charge is 0.401 e. The van der Waals surface area contributed by atoms with Gasteiger partial charge in [0.05, 0.1) is 6.07 Å². The molecule has 0 unspecified atom stereocenters. The Labute approximate surface area is 134 Å². The second kappa shape index (κ2) is 6.98. The largest absolute Gasteiger partial charge is 0.433 e. The van der Waals surface area contributed by atoms with E-state index in [0.29, 0.717) is 0 Å². The predicted molar refractivity (Wildman–Crippen MR) is 72.4 cm³/mol. The summed E-state index contributed by atoms with van der Waals surface area (Å²) in [5.41, 5.74) is 1.78. The number of hydrogen-bond donors (Lipinski definition) is 2. The van der Waals surface area contributed by atoms with Gasteiger partial charge < -0.3 is 4.42 Å². The molecule has 0 fully saturated rings. The van der Waals surface area contributed by atoms with Crippen molar-refractivity contribution >= 4 is 23.6 Å². The third-order valence-corrected chi connectivity index (χ3v) is 2.71. The Morgan fingerprint density at radius 2 is 1.60 bits per heavy atom. The average Bonchev–Trinajstić information content (AvgIpc) is 3.05. The SMILES string of the molecule is O=C(/C=C/c1ccc([N+](=O)[O-])o1)NNc1c(F)c(F)c(F)c(F)c1F. The first-order chi connectivity index (χ1) is 11.7. The Morgan fingerprint density at radius 3 is 2.12 bits per heavy atom. The van der Waals surface area contributed by atoms with Crippen LogP contribution in [-0.2, 0) is 4.79 Å². The third kappa shape index (κ3) is 3.73. The Balaban J connectivity index is 2.07. The molecule has 1 aromatic heterocycles. The lowest BCUT2D eigenvalue weighted by atomic mass is 10.2. The standard InChI is InChI=1S/C13H6F5N3O4/c14-8-9(15)11(17)13(12(18)10(8)16)20-19-6(22)3-1-5-2-4-7(25-5)21(23)24/h1-4,20H,(H,19,22)/b3-1+. The maximum absolute atomic E-state index is 13.4. The zero-order valence-electron chi connectivity index (χ0n) is 11.8. The van der Waals surface area contributed by atoms with Crippen molar-refractivity contribution in [3.05, 3.63) is 63.2 Å². The molecular formula is C13H6F5N3O4. The van der Waals surface area contributed by atoms with Crippen LogP contribution >= 0.6 is 0 Å². The molecule has 25 heavy (non-hydrogen) atoms. The average molecular weight is 363 g/mol. The van der Waals surface area contributed by atoms with Crippen molar-refractivity contribution in [2.45, 2.75) is 0 Å². The van der Waals surface area contributed by atoms with Crippen molar-refractivity contribution < 1.29 is 36.1 Å². The van der Waals surface area contributed by atoms with E-state index < -0.39 is 51.5 Å². The number of benzene rings is 1. The molecule has 2 N–H and O–H groups in total. The second-order valence-electron chi connectivity index (χ2n) is 4.33. The summed E-state index contributed by atoms with van der Waals surface area (Å²) in [6.45, 7) is 0. The minimum absolute atomic E-state index is 0.0851. The van der Waals surface area contributed by atoms with Gasteiger partial charge in [0.15, 0.2) is 23.3 Å². The quantitative estimate of drug-likeness (QED) is 0.213. The molecule has 0 saturated carbocycles. The zero-order chi connectivity index (χ0) is 18.7. The third-order valence-electron chi connectivity index (χ3n) is 2.71. The van der Waals surface area contributed by atoms with E-state index in [4.69, 9.17) is 4.42 Å². The minimum atomic E-state index is -2.34. The van der Waals surface area contributed by atoms with E-state index >= 15 is 0 Å². The fraction of sp³-hybridized carbons (Fsp3) is 0. The number of carbonyl (C=O) groups is 1. The topological polar surface area (TPSA) is 97.4 Å². The summed E-state index contributed by atoms with van der Waals surface area (Å²) in [4.78, 5) is 21.0. The molecule has 0 spiro atoms. The first-order valence-electron chi connectivity index (χ1n) is 6.22. The van der Waals surface area contributed by atoms with Crippen LogP contribution in [0.2, 0.25) is 0 Å². The highest BCUT2D eigenvalue weighted by molar-refractivity contribution is 5.92. The maximum atomic E-state index is 13.4. The van der Waals surface area contributed by atoms with Gasteiger partial charge in [-0.1, -0.05) is 0 Å². The highest BCUT2D eigenvalue weighted by Crippen LogP contribution is 2.26. The molecule has 2 rings (SSSR count). The maximum Gasteiger partial charge on any atom is 0.433 e. The lowest BCUT2D eigenvalue weighted by Crippen LogP contribution is -2.29. The normalized spacial score (nSPS) is 10.9. The first-order valence-corrected chi connectivity index (χ1v) is 6.22. The van der Waals surface area contributed by atoms with Gasteiger partial charge in [0.25, 0.3) is 5.91 Å². The van der Waals surface area contributed by atoms with Gasteiger partial charge >= 0.3 is 5.88 Å². The lowest BCUT2D eigenvalue weighted by molar-refractivity contribution is -0.402. The van der Waals surface area contributed by atoms with Gasteiger partial charge in [-0.2, -0.15) is 0 Å². The predicted octanol–water partition coefficient (Wildman–Crippen LogP) is 3.04. The summed E-state index contributed by atoms with van der Waals surface area (Å²) in [7, 11) is 0. The molecule has 0 aliphatic rings. The monoisotopic (exact) mass is 363 g/mol. The second-order valence-corrected chi connectivity index (χ2v) is 4.33. The molecule has 1 amide bonds. The number of hydrazine groups is 1. The Morgan fingerprint density at radius 1 is 1.04 bits per heavy atom. The van der Waals surface area contributed by atoms with E-state index in [1.54, 1.807) is 10.9 Å². The number of nitro groups is 1. The Bertz CT molecular complexity index is 852. The van der Waals surface area contributed by atoms with Gasteiger partial charge in [-0.15, -0.1) is 0 Å². The van der Waals surface area contributed by atoms with Gasteiger partial charge in [-0.05, 0) is 12.1 Å². The highest BCUT2D eigenvalue weighted by atomic mass is 19.2. The molecule has 0 atom stereocenters. The van der Waals surface area contributed by atoms with Gasteiger partial charge in [0, 0.05) is 6.08 Å². The molecule has 1 aromatic carbocycles. The molecule has 7 nitrogen and oxygen atoms in total. The molecule has 0 saturated heterocycles. The van der Waals surface area contributed by atoms with Gasteiger partial charge in [-0.25, -0.2) is 22.0 Å². The number of furan rings is 1. The van der Waals surface area contributed by atoms with E-state index in [0.717, 1.165) is 18.2 Å². The van der Waals surface area contributed by atoms with Crippen LogP contribution in [0.5, 0.6) is 0 Å². The van der Waals surface area contributed by atoms with E-state index in [9.17, 15) is 36.9 Å². The number of carbonyl (C=O) groups excluding carboxylic acids is 1. The number of anilines is 1. The van der Waals surface area contributed by atoms with Crippen molar-refractivity contribution in [2.24, 2.45) is 0 Å². The van der Waals surface area contributed by atoms with Crippen LogP contribution < -0.4 is 10.9 Å². The van der Waals surface area contributed by atoms with Crippen LogP contribution in [0.15, 0.2) is 22.6 Å². The first kappa shape index (κ1) is 17.9. The highest BCUT2D eigenvalue weighted by Gasteiger charge is 2.25. The number of nitrogens with one attached hydrogen (secondary N) is 2. The zero-order valence-corrected chi connectivity index (χ0v) is 11.8. The van der Waals surface area contributed by atoms with Crippen LogP contribution in [0.3, 0.4) is 0 Å². The van der Waals surface area contributed by atoms with Crippen molar-refractivity contribution in [2.75, 3.05) is 5.43 Å². The fourth-order valence-electron chi connectivity index (χ4n) is 1.57. The summed E-state index contributed by atoms with van der Waals surface area (Å²) >= 11 is 0. The van der Waals surface area contributed by atoms with Crippen LogP contribution in [0, 0.1) is 39.2 Å².